The van der Waals surface area contributed by atoms with Gasteiger partial charge in [0.15, 0.2) is 0 Å². The van der Waals surface area contributed by atoms with Crippen LogP contribution in [0.15, 0.2) is 67.8 Å². The second kappa shape index (κ2) is 7.91. The number of nitrogens with zero attached hydrogens (tertiary/aromatic N) is 2. The van der Waals surface area contributed by atoms with Gasteiger partial charge in [0.1, 0.15) is 29.5 Å². The third kappa shape index (κ3) is 3.26. The number of rotatable bonds is 7. The summed E-state index contributed by atoms with van der Waals surface area (Å²) < 4.78 is 5.69. The predicted molar refractivity (Wildman–Crippen MR) is 116 cm³/mol. The van der Waals surface area contributed by atoms with Gasteiger partial charge in [0.05, 0.1) is 6.04 Å². The van der Waals surface area contributed by atoms with Gasteiger partial charge in [-0.3, -0.25) is 9.89 Å². The van der Waals surface area contributed by atoms with Crippen molar-refractivity contribution in [2.45, 2.75) is 13.0 Å². The van der Waals surface area contributed by atoms with E-state index in [1.54, 1.807) is 23.1 Å². The number of phenols is 1. The summed E-state index contributed by atoms with van der Waals surface area (Å²) >= 11 is 0. The molecule has 152 valence electrons. The highest BCUT2D eigenvalue weighted by molar-refractivity contribution is 6.00. The van der Waals surface area contributed by atoms with Crippen LogP contribution in [0.5, 0.6) is 11.5 Å². The average Bonchev–Trinajstić information content (AvgIpc) is 3.28. The Bertz CT molecular complexity index is 1130. The molecule has 0 aliphatic carbocycles. The van der Waals surface area contributed by atoms with E-state index in [4.69, 9.17) is 4.74 Å². The van der Waals surface area contributed by atoms with E-state index >= 15 is 0 Å². The van der Waals surface area contributed by atoms with Gasteiger partial charge in [-0.25, -0.2) is 0 Å². The Labute approximate surface area is 175 Å². The molecule has 30 heavy (non-hydrogen) atoms. The summed E-state index contributed by atoms with van der Waals surface area (Å²) in [6.07, 6.45) is 3.38. The van der Waals surface area contributed by atoms with Crippen LogP contribution in [0.1, 0.15) is 33.2 Å². The van der Waals surface area contributed by atoms with E-state index in [0.29, 0.717) is 35.9 Å². The summed E-state index contributed by atoms with van der Waals surface area (Å²) in [6.45, 7) is 10.2. The van der Waals surface area contributed by atoms with Gasteiger partial charge in [-0.05, 0) is 36.8 Å². The lowest BCUT2D eigenvalue weighted by atomic mass is 9.95. The zero-order chi connectivity index (χ0) is 21.3. The van der Waals surface area contributed by atoms with Gasteiger partial charge in [0.25, 0.3) is 5.91 Å². The topological polar surface area (TPSA) is 78.5 Å². The number of aromatic hydroxyl groups is 1. The van der Waals surface area contributed by atoms with Crippen LogP contribution in [-0.4, -0.2) is 39.3 Å². The second-order valence-electron chi connectivity index (χ2n) is 7.20. The van der Waals surface area contributed by atoms with Crippen molar-refractivity contribution in [1.82, 2.24) is 15.1 Å². The molecule has 2 aromatic carbocycles. The number of carbonyl (C=O) groups excluding carboxylic acids is 1. The van der Waals surface area contributed by atoms with Gasteiger partial charge >= 0.3 is 0 Å². The van der Waals surface area contributed by atoms with Crippen molar-refractivity contribution in [3.05, 3.63) is 90.2 Å². The summed E-state index contributed by atoms with van der Waals surface area (Å²) in [4.78, 5) is 14.9. The average molecular weight is 401 g/mol. The van der Waals surface area contributed by atoms with E-state index in [2.05, 4.69) is 23.4 Å². The van der Waals surface area contributed by atoms with Crippen LogP contribution in [0.4, 0.5) is 0 Å². The Morgan fingerprint density at radius 1 is 1.23 bits per heavy atom. The SMILES string of the molecule is C=CCOc1cccc([C@@H]2c3c(-c4cc(C)ccc4O)n[nH]c3C(=O)N2CC=C)c1. The number of phenolic OH excluding ortho intramolecular Hbond substituents is 1. The molecular weight excluding hydrogens is 378 g/mol. The molecular formula is C24H23N3O3. The highest BCUT2D eigenvalue weighted by Gasteiger charge is 2.42. The summed E-state index contributed by atoms with van der Waals surface area (Å²) in [5, 5.41) is 17.8. The lowest BCUT2D eigenvalue weighted by Crippen LogP contribution is -2.29. The maximum atomic E-state index is 13.1. The molecule has 3 aromatic rings. The van der Waals surface area contributed by atoms with Crippen LogP contribution < -0.4 is 4.74 Å². The van der Waals surface area contributed by atoms with E-state index in [1.807, 2.05) is 43.3 Å². The Hall–Kier alpha value is -3.80. The van der Waals surface area contributed by atoms with Crippen LogP contribution in [0.3, 0.4) is 0 Å². The number of aromatic amines is 1. The first-order valence-corrected chi connectivity index (χ1v) is 9.69. The Morgan fingerprint density at radius 2 is 2.07 bits per heavy atom. The number of nitrogens with one attached hydrogen (secondary N) is 1. The van der Waals surface area contributed by atoms with Gasteiger partial charge in [-0.1, -0.05) is 42.5 Å². The van der Waals surface area contributed by atoms with Gasteiger partial charge in [-0.2, -0.15) is 5.10 Å². The smallest absolute Gasteiger partial charge is 0.273 e. The fourth-order valence-electron chi connectivity index (χ4n) is 3.85. The van der Waals surface area contributed by atoms with Crippen molar-refractivity contribution >= 4 is 5.91 Å². The largest absolute Gasteiger partial charge is 0.507 e. The normalized spacial score (nSPS) is 15.2. The molecule has 1 aromatic heterocycles. The fourth-order valence-corrected chi connectivity index (χ4v) is 3.85. The van der Waals surface area contributed by atoms with Crippen molar-refractivity contribution in [2.24, 2.45) is 0 Å². The number of carbonyl (C=O) groups is 1. The number of hydrogen-bond donors (Lipinski definition) is 2. The number of ether oxygens (including phenoxy) is 1. The molecule has 2 heterocycles. The van der Waals surface area contributed by atoms with Crippen LogP contribution in [0, 0.1) is 6.92 Å². The molecule has 1 atom stereocenters. The molecule has 0 bridgehead atoms. The summed E-state index contributed by atoms with van der Waals surface area (Å²) in [5.41, 5.74) is 4.20. The monoisotopic (exact) mass is 401 g/mol. The van der Waals surface area contributed by atoms with Crippen molar-refractivity contribution in [1.29, 1.82) is 0 Å². The zero-order valence-corrected chi connectivity index (χ0v) is 16.8. The molecule has 1 amide bonds. The molecule has 0 spiro atoms. The number of aromatic nitrogens is 2. The number of H-pyrrole nitrogens is 1. The molecule has 0 unspecified atom stereocenters. The molecule has 1 aliphatic heterocycles. The minimum atomic E-state index is -0.383. The molecule has 0 saturated heterocycles. The van der Waals surface area contributed by atoms with E-state index < -0.39 is 0 Å². The quantitative estimate of drug-likeness (QED) is 0.576. The van der Waals surface area contributed by atoms with E-state index in [9.17, 15) is 9.90 Å². The maximum Gasteiger partial charge on any atom is 0.273 e. The Morgan fingerprint density at radius 3 is 2.83 bits per heavy atom. The van der Waals surface area contributed by atoms with Gasteiger partial charge < -0.3 is 14.7 Å². The van der Waals surface area contributed by atoms with Gasteiger partial charge in [-0.15, -0.1) is 6.58 Å². The van der Waals surface area contributed by atoms with Crippen molar-refractivity contribution in [2.75, 3.05) is 13.2 Å². The standard InChI is InChI=1S/C24H23N3O3/c1-4-11-27-23(16-7-6-8-17(14-16)30-12-5-2)20-21(25-26-22(20)24(27)29)18-13-15(3)9-10-19(18)28/h4-10,13-14,23,28H,1-2,11-12H2,3H3,(H,25,26)/t23-/m1/s1. The van der Waals surface area contributed by atoms with Crippen LogP contribution >= 0.6 is 0 Å². The van der Waals surface area contributed by atoms with Crippen molar-refractivity contribution in [3.63, 3.8) is 0 Å². The maximum absolute atomic E-state index is 13.1. The first-order chi connectivity index (χ1) is 14.5. The van der Waals surface area contributed by atoms with Gasteiger partial charge in [0, 0.05) is 17.7 Å². The second-order valence-corrected chi connectivity index (χ2v) is 7.20. The van der Waals surface area contributed by atoms with Crippen molar-refractivity contribution in [3.8, 4) is 22.8 Å². The van der Waals surface area contributed by atoms with Crippen LogP contribution in [0.25, 0.3) is 11.3 Å². The number of aryl methyl sites for hydroxylation is 1. The molecule has 0 radical (unpaired) electrons. The van der Waals surface area contributed by atoms with E-state index in [-0.39, 0.29) is 17.7 Å². The fraction of sp³-hybridized carbons (Fsp3) is 0.167. The van der Waals surface area contributed by atoms with E-state index in [1.165, 1.54) is 0 Å². The van der Waals surface area contributed by atoms with Crippen LogP contribution in [0.2, 0.25) is 0 Å². The minimum absolute atomic E-state index is 0.117. The lowest BCUT2D eigenvalue weighted by molar-refractivity contribution is 0.0764. The Balaban J connectivity index is 1.88. The van der Waals surface area contributed by atoms with Gasteiger partial charge in [0.2, 0.25) is 0 Å². The van der Waals surface area contributed by atoms with Crippen LogP contribution in [-0.2, 0) is 0 Å². The summed E-state index contributed by atoms with van der Waals surface area (Å²) in [6, 6.07) is 12.6. The molecule has 6 nitrogen and oxygen atoms in total. The lowest BCUT2D eigenvalue weighted by Gasteiger charge is -2.25. The first kappa shape index (κ1) is 19.5. The molecule has 6 heteroatoms. The van der Waals surface area contributed by atoms with E-state index in [0.717, 1.165) is 16.7 Å². The number of benzene rings is 2. The number of amides is 1. The third-order valence-corrected chi connectivity index (χ3v) is 5.14. The molecule has 2 N–H and O–H groups in total. The molecule has 0 saturated carbocycles. The predicted octanol–water partition coefficient (Wildman–Crippen LogP) is 4.39. The number of fused-ring (bicyclic) bond motifs is 1. The summed E-state index contributed by atoms with van der Waals surface area (Å²) in [7, 11) is 0. The number of hydrogen-bond acceptors (Lipinski definition) is 4. The molecule has 0 fully saturated rings. The van der Waals surface area contributed by atoms with Crippen molar-refractivity contribution < 1.29 is 14.6 Å². The zero-order valence-electron chi connectivity index (χ0n) is 16.8. The third-order valence-electron chi connectivity index (χ3n) is 5.14. The Kier molecular flexibility index (Phi) is 5.14. The molecule has 1 aliphatic rings. The summed E-state index contributed by atoms with van der Waals surface area (Å²) in [5.74, 6) is 0.653. The minimum Gasteiger partial charge on any atom is -0.507 e. The molecule has 4 rings (SSSR count). The highest BCUT2D eigenvalue weighted by Crippen LogP contribution is 2.45. The highest BCUT2D eigenvalue weighted by atomic mass is 16.5. The first-order valence-electron chi connectivity index (χ1n) is 9.69.